The SMILES string of the molecule is Cc1nn(Cc2cccc(F)c2)c(C)c1C(=O)O. The average Bonchev–Trinajstić information content (AvgIpc) is 2.54. The molecule has 0 spiro atoms. The van der Waals surface area contributed by atoms with E-state index in [0.717, 1.165) is 5.56 Å². The molecule has 1 aromatic carbocycles. The van der Waals surface area contributed by atoms with Gasteiger partial charge in [0.05, 0.1) is 17.9 Å². The maximum absolute atomic E-state index is 13.1. The van der Waals surface area contributed by atoms with Crippen LogP contribution in [0.15, 0.2) is 24.3 Å². The molecular formula is C13H13FN2O2. The third kappa shape index (κ3) is 2.25. The van der Waals surface area contributed by atoms with Crippen molar-refractivity contribution in [3.63, 3.8) is 0 Å². The Hall–Kier alpha value is -2.17. The second-order valence-electron chi connectivity index (χ2n) is 4.14. The number of carboxylic acid groups (broad SMARTS) is 1. The summed E-state index contributed by atoms with van der Waals surface area (Å²) in [5.41, 5.74) is 2.00. The molecule has 0 bridgehead atoms. The van der Waals surface area contributed by atoms with Crippen LogP contribution in [-0.2, 0) is 6.54 Å². The molecule has 0 radical (unpaired) electrons. The van der Waals surface area contributed by atoms with E-state index in [4.69, 9.17) is 5.11 Å². The molecule has 18 heavy (non-hydrogen) atoms. The van der Waals surface area contributed by atoms with E-state index in [1.165, 1.54) is 12.1 Å². The van der Waals surface area contributed by atoms with Gasteiger partial charge in [-0.15, -0.1) is 0 Å². The van der Waals surface area contributed by atoms with Gasteiger partial charge >= 0.3 is 5.97 Å². The molecule has 1 heterocycles. The third-order valence-electron chi connectivity index (χ3n) is 2.82. The summed E-state index contributed by atoms with van der Waals surface area (Å²) in [6, 6.07) is 6.18. The summed E-state index contributed by atoms with van der Waals surface area (Å²) in [4.78, 5) is 11.0. The second-order valence-corrected chi connectivity index (χ2v) is 4.14. The van der Waals surface area contributed by atoms with E-state index in [1.54, 1.807) is 30.7 Å². The summed E-state index contributed by atoms with van der Waals surface area (Å²) in [5, 5.41) is 13.2. The lowest BCUT2D eigenvalue weighted by Crippen LogP contribution is -2.06. The predicted molar refractivity (Wildman–Crippen MR) is 64.2 cm³/mol. The minimum absolute atomic E-state index is 0.214. The smallest absolute Gasteiger partial charge is 0.339 e. The van der Waals surface area contributed by atoms with Crippen molar-refractivity contribution in [2.75, 3.05) is 0 Å². The molecule has 94 valence electrons. The van der Waals surface area contributed by atoms with Gasteiger partial charge in [-0.2, -0.15) is 5.10 Å². The Bertz CT molecular complexity index is 605. The molecule has 2 aromatic rings. The van der Waals surface area contributed by atoms with Crippen molar-refractivity contribution < 1.29 is 14.3 Å². The molecule has 0 fully saturated rings. The van der Waals surface area contributed by atoms with Gasteiger partial charge in [0.2, 0.25) is 0 Å². The van der Waals surface area contributed by atoms with E-state index in [-0.39, 0.29) is 11.4 Å². The van der Waals surface area contributed by atoms with Crippen LogP contribution in [0.1, 0.15) is 27.3 Å². The molecule has 5 heteroatoms. The Kier molecular flexibility index (Phi) is 3.14. The zero-order valence-corrected chi connectivity index (χ0v) is 10.1. The Morgan fingerprint density at radius 2 is 2.17 bits per heavy atom. The molecule has 1 N–H and O–H groups in total. The van der Waals surface area contributed by atoms with Crippen LogP contribution in [0.25, 0.3) is 0 Å². The van der Waals surface area contributed by atoms with E-state index in [0.29, 0.717) is 17.9 Å². The van der Waals surface area contributed by atoms with Crippen LogP contribution in [0.5, 0.6) is 0 Å². The number of aromatic nitrogens is 2. The van der Waals surface area contributed by atoms with Gasteiger partial charge in [0.25, 0.3) is 0 Å². The van der Waals surface area contributed by atoms with E-state index >= 15 is 0 Å². The summed E-state index contributed by atoms with van der Waals surface area (Å²) in [5.74, 6) is -1.30. The van der Waals surface area contributed by atoms with Crippen molar-refractivity contribution in [1.82, 2.24) is 9.78 Å². The molecule has 0 unspecified atom stereocenters. The molecule has 0 saturated heterocycles. The number of rotatable bonds is 3. The lowest BCUT2D eigenvalue weighted by molar-refractivity contribution is 0.0695. The molecule has 0 saturated carbocycles. The highest BCUT2D eigenvalue weighted by molar-refractivity contribution is 5.90. The molecule has 0 amide bonds. The first kappa shape index (κ1) is 12.3. The lowest BCUT2D eigenvalue weighted by Gasteiger charge is -2.04. The fraction of sp³-hybridized carbons (Fsp3) is 0.231. The molecule has 4 nitrogen and oxygen atoms in total. The number of aromatic carboxylic acids is 1. The van der Waals surface area contributed by atoms with Crippen molar-refractivity contribution in [3.8, 4) is 0 Å². The molecule has 0 atom stereocenters. The van der Waals surface area contributed by atoms with Crippen LogP contribution in [0.3, 0.4) is 0 Å². The number of nitrogens with zero attached hydrogens (tertiary/aromatic N) is 2. The highest BCUT2D eigenvalue weighted by Gasteiger charge is 2.17. The van der Waals surface area contributed by atoms with E-state index < -0.39 is 5.97 Å². The van der Waals surface area contributed by atoms with Gasteiger partial charge in [0, 0.05) is 0 Å². The fourth-order valence-electron chi connectivity index (χ4n) is 1.97. The van der Waals surface area contributed by atoms with Crippen molar-refractivity contribution in [2.24, 2.45) is 0 Å². The van der Waals surface area contributed by atoms with E-state index in [2.05, 4.69) is 5.10 Å². The Labute approximate surface area is 104 Å². The number of benzene rings is 1. The Balaban J connectivity index is 2.36. The van der Waals surface area contributed by atoms with Gasteiger partial charge < -0.3 is 5.11 Å². The first-order valence-corrected chi connectivity index (χ1v) is 5.51. The normalized spacial score (nSPS) is 10.6. The summed E-state index contributed by atoms with van der Waals surface area (Å²) in [6.07, 6.45) is 0. The lowest BCUT2D eigenvalue weighted by atomic mass is 10.2. The largest absolute Gasteiger partial charge is 0.478 e. The van der Waals surface area contributed by atoms with Crippen LogP contribution in [0, 0.1) is 19.7 Å². The highest BCUT2D eigenvalue weighted by atomic mass is 19.1. The van der Waals surface area contributed by atoms with Gasteiger partial charge in [0.15, 0.2) is 0 Å². The van der Waals surface area contributed by atoms with Gasteiger partial charge in [-0.3, -0.25) is 4.68 Å². The quantitative estimate of drug-likeness (QED) is 0.907. The Morgan fingerprint density at radius 1 is 1.44 bits per heavy atom. The molecule has 0 aliphatic carbocycles. The van der Waals surface area contributed by atoms with Gasteiger partial charge in [-0.25, -0.2) is 9.18 Å². The van der Waals surface area contributed by atoms with Gasteiger partial charge in [-0.05, 0) is 31.5 Å². The summed E-state index contributed by atoms with van der Waals surface area (Å²) >= 11 is 0. The molecule has 2 rings (SSSR count). The summed E-state index contributed by atoms with van der Waals surface area (Å²) in [7, 11) is 0. The van der Waals surface area contributed by atoms with Gasteiger partial charge in [-0.1, -0.05) is 12.1 Å². The van der Waals surface area contributed by atoms with Crippen molar-refractivity contribution >= 4 is 5.97 Å². The number of aryl methyl sites for hydroxylation is 1. The minimum Gasteiger partial charge on any atom is -0.478 e. The highest BCUT2D eigenvalue weighted by Crippen LogP contribution is 2.15. The number of carboxylic acids is 1. The van der Waals surface area contributed by atoms with E-state index in [9.17, 15) is 9.18 Å². The Morgan fingerprint density at radius 3 is 2.72 bits per heavy atom. The van der Waals surface area contributed by atoms with Crippen LogP contribution < -0.4 is 0 Å². The number of hydrogen-bond donors (Lipinski definition) is 1. The molecule has 0 aliphatic rings. The zero-order chi connectivity index (χ0) is 13.3. The maximum atomic E-state index is 13.1. The first-order valence-electron chi connectivity index (χ1n) is 5.51. The molecule has 1 aromatic heterocycles. The van der Waals surface area contributed by atoms with E-state index in [1.807, 2.05) is 0 Å². The van der Waals surface area contributed by atoms with Crippen molar-refractivity contribution in [1.29, 1.82) is 0 Å². The standard InChI is InChI=1S/C13H13FN2O2/c1-8-12(13(17)18)9(2)16(15-8)7-10-4-3-5-11(14)6-10/h3-6H,7H2,1-2H3,(H,17,18). The summed E-state index contributed by atoms with van der Waals surface area (Å²) < 4.78 is 14.6. The fourth-order valence-corrected chi connectivity index (χ4v) is 1.97. The van der Waals surface area contributed by atoms with Gasteiger partial charge in [0.1, 0.15) is 11.4 Å². The van der Waals surface area contributed by atoms with Crippen molar-refractivity contribution in [2.45, 2.75) is 20.4 Å². The first-order chi connectivity index (χ1) is 8.49. The molecular weight excluding hydrogens is 235 g/mol. The maximum Gasteiger partial charge on any atom is 0.339 e. The van der Waals surface area contributed by atoms with Crippen LogP contribution >= 0.6 is 0 Å². The van der Waals surface area contributed by atoms with Crippen LogP contribution in [-0.4, -0.2) is 20.9 Å². The van der Waals surface area contributed by atoms with Crippen LogP contribution in [0.4, 0.5) is 4.39 Å². The van der Waals surface area contributed by atoms with Crippen LogP contribution in [0.2, 0.25) is 0 Å². The average molecular weight is 248 g/mol. The monoisotopic (exact) mass is 248 g/mol. The minimum atomic E-state index is -0.990. The second kappa shape index (κ2) is 4.60. The number of hydrogen-bond acceptors (Lipinski definition) is 2. The van der Waals surface area contributed by atoms with Crippen molar-refractivity contribution in [3.05, 3.63) is 52.6 Å². The number of halogens is 1. The predicted octanol–water partition coefficient (Wildman–Crippen LogP) is 2.39. The molecule has 0 aliphatic heterocycles. The topological polar surface area (TPSA) is 55.1 Å². The number of carbonyl (C=O) groups is 1. The summed E-state index contributed by atoms with van der Waals surface area (Å²) in [6.45, 7) is 3.71. The third-order valence-corrected chi connectivity index (χ3v) is 2.82. The zero-order valence-electron chi connectivity index (χ0n) is 10.1.